The second-order valence-corrected chi connectivity index (χ2v) is 5.16. The van der Waals surface area contributed by atoms with Gasteiger partial charge in [-0.3, -0.25) is 4.79 Å². The monoisotopic (exact) mass is 211 g/mol. The lowest BCUT2D eigenvalue weighted by atomic mass is 9.97. The molecule has 0 spiro atoms. The van der Waals surface area contributed by atoms with E-state index in [9.17, 15) is 9.90 Å². The molecule has 3 heteroatoms. The largest absolute Gasteiger partial charge is 0.389 e. The van der Waals surface area contributed by atoms with Crippen LogP contribution in [0.3, 0.4) is 0 Å². The maximum atomic E-state index is 11.7. The number of rotatable bonds is 3. The maximum absolute atomic E-state index is 11.7. The van der Waals surface area contributed by atoms with E-state index in [1.165, 1.54) is 12.8 Å². The molecule has 1 amide bonds. The Kier molecular flexibility index (Phi) is 3.29. The Morgan fingerprint density at radius 1 is 1.20 bits per heavy atom. The Morgan fingerprint density at radius 2 is 1.80 bits per heavy atom. The van der Waals surface area contributed by atoms with Crippen LogP contribution in [0.1, 0.15) is 57.8 Å². The molecule has 0 atom stereocenters. The molecule has 0 aromatic rings. The third kappa shape index (κ3) is 2.94. The van der Waals surface area contributed by atoms with Gasteiger partial charge in [0.05, 0.1) is 12.0 Å². The maximum Gasteiger partial charge on any atom is 0.223 e. The van der Waals surface area contributed by atoms with Crippen molar-refractivity contribution in [3.8, 4) is 0 Å². The van der Waals surface area contributed by atoms with Gasteiger partial charge in [-0.25, -0.2) is 0 Å². The van der Waals surface area contributed by atoms with Crippen LogP contribution < -0.4 is 5.32 Å². The van der Waals surface area contributed by atoms with Crippen LogP contribution in [0.4, 0.5) is 0 Å². The zero-order chi connectivity index (χ0) is 10.7. The van der Waals surface area contributed by atoms with Crippen LogP contribution in [0.15, 0.2) is 0 Å². The molecule has 0 heterocycles. The fourth-order valence-corrected chi connectivity index (χ4v) is 2.86. The van der Waals surface area contributed by atoms with E-state index in [0.717, 1.165) is 38.5 Å². The molecule has 0 unspecified atom stereocenters. The summed E-state index contributed by atoms with van der Waals surface area (Å²) in [7, 11) is 0. The van der Waals surface area contributed by atoms with E-state index in [1.54, 1.807) is 0 Å². The predicted octanol–water partition coefficient (Wildman–Crippen LogP) is 1.74. The zero-order valence-corrected chi connectivity index (χ0v) is 9.30. The summed E-state index contributed by atoms with van der Waals surface area (Å²) in [5.41, 5.74) is -0.692. The number of aliphatic hydroxyl groups is 1. The molecule has 15 heavy (non-hydrogen) atoms. The first-order chi connectivity index (χ1) is 7.18. The molecule has 0 radical (unpaired) electrons. The number of carbonyl (C=O) groups is 1. The number of hydrogen-bond acceptors (Lipinski definition) is 2. The Bertz CT molecular complexity index is 228. The third-order valence-corrected chi connectivity index (χ3v) is 3.74. The molecule has 2 saturated carbocycles. The van der Waals surface area contributed by atoms with Gasteiger partial charge in [-0.1, -0.05) is 25.7 Å². The highest BCUT2D eigenvalue weighted by atomic mass is 16.3. The summed E-state index contributed by atoms with van der Waals surface area (Å²) in [6, 6.07) is 0.377. The highest BCUT2D eigenvalue weighted by molar-refractivity contribution is 5.77. The molecule has 2 fully saturated rings. The number of hydrogen-bond donors (Lipinski definition) is 2. The van der Waals surface area contributed by atoms with Crippen LogP contribution in [0.5, 0.6) is 0 Å². The molecule has 3 nitrogen and oxygen atoms in total. The first-order valence-electron chi connectivity index (χ1n) is 6.20. The topological polar surface area (TPSA) is 49.3 Å². The van der Waals surface area contributed by atoms with E-state index in [0.29, 0.717) is 12.5 Å². The smallest absolute Gasteiger partial charge is 0.223 e. The van der Waals surface area contributed by atoms with E-state index >= 15 is 0 Å². The second-order valence-electron chi connectivity index (χ2n) is 5.16. The van der Waals surface area contributed by atoms with E-state index in [2.05, 4.69) is 5.32 Å². The average Bonchev–Trinajstić information content (AvgIpc) is 2.76. The molecular weight excluding hydrogens is 190 g/mol. The first kappa shape index (κ1) is 10.9. The molecule has 2 rings (SSSR count). The van der Waals surface area contributed by atoms with Gasteiger partial charge < -0.3 is 10.4 Å². The minimum atomic E-state index is -0.692. The van der Waals surface area contributed by atoms with Crippen molar-refractivity contribution in [3.05, 3.63) is 0 Å². The van der Waals surface area contributed by atoms with Gasteiger partial charge >= 0.3 is 0 Å². The van der Waals surface area contributed by atoms with E-state index in [1.807, 2.05) is 0 Å². The van der Waals surface area contributed by atoms with E-state index < -0.39 is 5.60 Å². The van der Waals surface area contributed by atoms with Crippen LogP contribution >= 0.6 is 0 Å². The number of nitrogens with one attached hydrogen (secondary N) is 1. The molecule has 2 aliphatic rings. The number of amides is 1. The van der Waals surface area contributed by atoms with Crippen molar-refractivity contribution in [3.63, 3.8) is 0 Å². The van der Waals surface area contributed by atoms with Crippen molar-refractivity contribution < 1.29 is 9.90 Å². The van der Waals surface area contributed by atoms with Gasteiger partial charge in [0.2, 0.25) is 5.91 Å². The molecule has 86 valence electrons. The SMILES string of the molecule is O=C(CC1(O)CCCC1)NC1CCCC1. The van der Waals surface area contributed by atoms with Crippen molar-refractivity contribution in [1.82, 2.24) is 5.32 Å². The Balaban J connectivity index is 1.76. The van der Waals surface area contributed by atoms with Crippen LogP contribution in [0.2, 0.25) is 0 Å². The average molecular weight is 211 g/mol. The van der Waals surface area contributed by atoms with Gasteiger partial charge in [0.15, 0.2) is 0 Å². The summed E-state index contributed by atoms with van der Waals surface area (Å²) < 4.78 is 0. The lowest BCUT2D eigenvalue weighted by Crippen LogP contribution is -2.38. The summed E-state index contributed by atoms with van der Waals surface area (Å²) >= 11 is 0. The van der Waals surface area contributed by atoms with Crippen molar-refractivity contribution in [2.45, 2.75) is 69.4 Å². The summed E-state index contributed by atoms with van der Waals surface area (Å²) in [6.07, 6.45) is 8.72. The lowest BCUT2D eigenvalue weighted by molar-refractivity contribution is -0.126. The van der Waals surface area contributed by atoms with Crippen LogP contribution in [-0.4, -0.2) is 22.7 Å². The molecule has 2 aliphatic carbocycles. The fraction of sp³-hybridized carbons (Fsp3) is 0.917. The summed E-state index contributed by atoms with van der Waals surface area (Å²) in [5.74, 6) is 0.0475. The molecule has 0 aliphatic heterocycles. The lowest BCUT2D eigenvalue weighted by Gasteiger charge is -2.22. The Morgan fingerprint density at radius 3 is 2.40 bits per heavy atom. The van der Waals surface area contributed by atoms with Crippen LogP contribution in [0, 0.1) is 0 Å². The van der Waals surface area contributed by atoms with Gasteiger partial charge in [-0.15, -0.1) is 0 Å². The highest BCUT2D eigenvalue weighted by Gasteiger charge is 2.33. The summed E-state index contributed by atoms with van der Waals surface area (Å²) in [5, 5.41) is 13.1. The molecule has 0 aromatic heterocycles. The van der Waals surface area contributed by atoms with Crippen LogP contribution in [0.25, 0.3) is 0 Å². The molecule has 0 saturated heterocycles. The normalized spacial score (nSPS) is 25.7. The molecule has 2 N–H and O–H groups in total. The highest BCUT2D eigenvalue weighted by Crippen LogP contribution is 2.32. The van der Waals surface area contributed by atoms with Crippen molar-refractivity contribution in [1.29, 1.82) is 0 Å². The summed E-state index contributed by atoms with van der Waals surface area (Å²) in [6.45, 7) is 0. The minimum absolute atomic E-state index is 0.0475. The molecule has 0 aromatic carbocycles. The first-order valence-corrected chi connectivity index (χ1v) is 6.20. The molecular formula is C12H21NO2. The third-order valence-electron chi connectivity index (χ3n) is 3.74. The summed E-state index contributed by atoms with van der Waals surface area (Å²) in [4.78, 5) is 11.7. The zero-order valence-electron chi connectivity index (χ0n) is 9.30. The van der Waals surface area contributed by atoms with Crippen molar-refractivity contribution in [2.24, 2.45) is 0 Å². The fourth-order valence-electron chi connectivity index (χ4n) is 2.86. The predicted molar refractivity (Wildman–Crippen MR) is 58.4 cm³/mol. The van der Waals surface area contributed by atoms with Gasteiger partial charge in [0.25, 0.3) is 0 Å². The second kappa shape index (κ2) is 4.52. The van der Waals surface area contributed by atoms with E-state index in [4.69, 9.17) is 0 Å². The Labute approximate surface area is 91.2 Å². The van der Waals surface area contributed by atoms with Crippen molar-refractivity contribution >= 4 is 5.91 Å². The van der Waals surface area contributed by atoms with E-state index in [-0.39, 0.29) is 5.91 Å². The van der Waals surface area contributed by atoms with Gasteiger partial charge in [0, 0.05) is 6.04 Å². The minimum Gasteiger partial charge on any atom is -0.389 e. The Hall–Kier alpha value is -0.570. The van der Waals surface area contributed by atoms with Gasteiger partial charge in [0.1, 0.15) is 0 Å². The van der Waals surface area contributed by atoms with Gasteiger partial charge in [-0.2, -0.15) is 0 Å². The van der Waals surface area contributed by atoms with Crippen molar-refractivity contribution in [2.75, 3.05) is 0 Å². The van der Waals surface area contributed by atoms with Crippen LogP contribution in [-0.2, 0) is 4.79 Å². The number of carbonyl (C=O) groups excluding carboxylic acids is 1. The molecule has 0 bridgehead atoms. The quantitative estimate of drug-likeness (QED) is 0.747. The van der Waals surface area contributed by atoms with Gasteiger partial charge in [-0.05, 0) is 25.7 Å². The standard InChI is InChI=1S/C12H21NO2/c14-11(13-10-5-1-2-6-10)9-12(15)7-3-4-8-12/h10,15H,1-9H2,(H,13,14).